The Labute approximate surface area is 95.0 Å². The fraction of sp³-hybridized carbons (Fsp3) is 1.00. The summed E-state index contributed by atoms with van der Waals surface area (Å²) in [5, 5.41) is 5.06. The summed E-state index contributed by atoms with van der Waals surface area (Å²) in [7, 11) is 0. The highest BCUT2D eigenvalue weighted by molar-refractivity contribution is 4.81. The Hall–Kier alpha value is -0.0400. The predicted octanol–water partition coefficient (Wildman–Crippen LogP) is 3.75. The molecule has 0 spiro atoms. The van der Waals surface area contributed by atoms with Crippen molar-refractivity contribution in [2.24, 2.45) is 11.8 Å². The fourth-order valence-electron chi connectivity index (χ4n) is 3.08. The van der Waals surface area contributed by atoms with E-state index in [-0.39, 0.29) is 0 Å². The number of nitrogens with zero attached hydrogens (tertiary/aromatic N) is 1. The van der Waals surface area contributed by atoms with Crippen LogP contribution in [0.5, 0.6) is 0 Å². The van der Waals surface area contributed by atoms with E-state index in [1.165, 1.54) is 51.4 Å². The third-order valence-corrected chi connectivity index (χ3v) is 4.39. The zero-order valence-electron chi connectivity index (χ0n) is 10.4. The maximum Gasteiger partial charge on any atom is 0.0249 e. The summed E-state index contributed by atoms with van der Waals surface area (Å²) in [5.41, 5.74) is 0. The molecule has 0 N–H and O–H groups in total. The van der Waals surface area contributed by atoms with Gasteiger partial charge in [0.1, 0.15) is 0 Å². The van der Waals surface area contributed by atoms with Crippen molar-refractivity contribution in [3.63, 3.8) is 0 Å². The minimum absolute atomic E-state index is 0.722. The van der Waals surface area contributed by atoms with E-state index in [4.69, 9.17) is 5.32 Å². The zero-order valence-corrected chi connectivity index (χ0v) is 10.4. The van der Waals surface area contributed by atoms with Crippen molar-refractivity contribution in [2.75, 3.05) is 0 Å². The first-order chi connectivity index (χ1) is 7.24. The second-order valence-corrected chi connectivity index (χ2v) is 5.98. The molecule has 1 heteroatoms. The fourth-order valence-corrected chi connectivity index (χ4v) is 3.08. The van der Waals surface area contributed by atoms with Gasteiger partial charge in [-0.2, -0.15) is 0 Å². The maximum atomic E-state index is 5.06. The van der Waals surface area contributed by atoms with Gasteiger partial charge in [-0.3, -0.25) is 0 Å². The molecule has 0 saturated heterocycles. The molecule has 1 nitrogen and oxygen atoms in total. The molecule has 0 bridgehead atoms. The lowest BCUT2D eigenvalue weighted by molar-refractivity contribution is 0.235. The van der Waals surface area contributed by atoms with Crippen LogP contribution in [-0.2, 0) is 0 Å². The van der Waals surface area contributed by atoms with E-state index in [2.05, 4.69) is 13.8 Å². The van der Waals surface area contributed by atoms with Crippen molar-refractivity contribution in [3.05, 3.63) is 0 Å². The maximum absolute atomic E-state index is 5.06. The first-order valence-corrected chi connectivity index (χ1v) is 6.94. The Bertz CT molecular complexity index is 154. The SMILES string of the molecule is CC1CCC([N]C2CCC(C)CC2)CC1. The topological polar surface area (TPSA) is 14.1 Å². The molecule has 0 unspecified atom stereocenters. The van der Waals surface area contributed by atoms with Crippen LogP contribution in [0.4, 0.5) is 0 Å². The summed E-state index contributed by atoms with van der Waals surface area (Å²) in [4.78, 5) is 0. The third-order valence-electron chi connectivity index (χ3n) is 4.39. The molecule has 2 rings (SSSR count). The van der Waals surface area contributed by atoms with Gasteiger partial charge in [-0.25, -0.2) is 5.32 Å². The van der Waals surface area contributed by atoms with Crippen molar-refractivity contribution < 1.29 is 0 Å². The Morgan fingerprint density at radius 1 is 0.600 bits per heavy atom. The molecule has 1 radical (unpaired) electrons. The summed E-state index contributed by atoms with van der Waals surface area (Å²) < 4.78 is 0. The van der Waals surface area contributed by atoms with Crippen LogP contribution >= 0.6 is 0 Å². The highest BCUT2D eigenvalue weighted by Gasteiger charge is 2.24. The van der Waals surface area contributed by atoms with Crippen molar-refractivity contribution >= 4 is 0 Å². The number of hydrogen-bond donors (Lipinski definition) is 0. The average Bonchev–Trinajstić information content (AvgIpc) is 2.25. The Kier molecular flexibility index (Phi) is 4.07. The van der Waals surface area contributed by atoms with Gasteiger partial charge < -0.3 is 0 Å². The van der Waals surface area contributed by atoms with Crippen molar-refractivity contribution in [3.8, 4) is 0 Å². The summed E-state index contributed by atoms with van der Waals surface area (Å²) in [6.45, 7) is 4.77. The molecular formula is C14H26N. The molecule has 2 fully saturated rings. The monoisotopic (exact) mass is 208 g/mol. The lowest BCUT2D eigenvalue weighted by Gasteiger charge is -2.32. The minimum Gasteiger partial charge on any atom is -0.235 e. The highest BCUT2D eigenvalue weighted by atomic mass is 15.0. The molecule has 0 aromatic carbocycles. The van der Waals surface area contributed by atoms with Crippen LogP contribution in [-0.4, -0.2) is 12.1 Å². The Morgan fingerprint density at radius 2 is 0.933 bits per heavy atom. The highest BCUT2D eigenvalue weighted by Crippen LogP contribution is 2.28. The second-order valence-electron chi connectivity index (χ2n) is 5.98. The van der Waals surface area contributed by atoms with E-state index in [1.54, 1.807) is 0 Å². The van der Waals surface area contributed by atoms with Gasteiger partial charge in [0.05, 0.1) is 0 Å². The van der Waals surface area contributed by atoms with E-state index in [0.717, 1.165) is 23.9 Å². The average molecular weight is 208 g/mol. The van der Waals surface area contributed by atoms with Gasteiger partial charge in [-0.1, -0.05) is 13.8 Å². The molecule has 0 atom stereocenters. The van der Waals surface area contributed by atoms with Gasteiger partial charge >= 0.3 is 0 Å². The van der Waals surface area contributed by atoms with Crippen molar-refractivity contribution in [1.29, 1.82) is 0 Å². The molecular weight excluding hydrogens is 182 g/mol. The van der Waals surface area contributed by atoms with Gasteiger partial charge in [0.25, 0.3) is 0 Å². The van der Waals surface area contributed by atoms with Crippen LogP contribution in [0, 0.1) is 11.8 Å². The molecule has 0 aromatic heterocycles. The van der Waals surface area contributed by atoms with Gasteiger partial charge in [-0.05, 0) is 63.2 Å². The van der Waals surface area contributed by atoms with E-state index in [1.807, 2.05) is 0 Å². The lowest BCUT2D eigenvalue weighted by Crippen LogP contribution is -2.36. The summed E-state index contributed by atoms with van der Waals surface area (Å²) in [6.07, 6.45) is 11.1. The zero-order chi connectivity index (χ0) is 10.7. The van der Waals surface area contributed by atoms with Gasteiger partial charge in [0.15, 0.2) is 0 Å². The quantitative estimate of drug-likeness (QED) is 0.656. The van der Waals surface area contributed by atoms with Crippen LogP contribution in [0.15, 0.2) is 0 Å². The normalized spacial score (nSPS) is 42.8. The van der Waals surface area contributed by atoms with Crippen molar-refractivity contribution in [1.82, 2.24) is 5.32 Å². The predicted molar refractivity (Wildman–Crippen MR) is 65.0 cm³/mol. The summed E-state index contributed by atoms with van der Waals surface area (Å²) in [5.74, 6) is 1.92. The molecule has 0 heterocycles. The van der Waals surface area contributed by atoms with Crippen LogP contribution in [0.2, 0.25) is 0 Å². The van der Waals surface area contributed by atoms with Gasteiger partial charge in [-0.15, -0.1) is 0 Å². The number of hydrogen-bond acceptors (Lipinski definition) is 0. The lowest BCUT2D eigenvalue weighted by atomic mass is 9.84. The summed E-state index contributed by atoms with van der Waals surface area (Å²) >= 11 is 0. The Morgan fingerprint density at radius 3 is 1.27 bits per heavy atom. The number of rotatable bonds is 2. The van der Waals surface area contributed by atoms with Crippen molar-refractivity contribution in [2.45, 2.75) is 77.3 Å². The second kappa shape index (κ2) is 5.34. The summed E-state index contributed by atoms with van der Waals surface area (Å²) in [6, 6.07) is 1.44. The minimum atomic E-state index is 0.722. The molecule has 0 amide bonds. The molecule has 2 saturated carbocycles. The Balaban J connectivity index is 1.68. The third kappa shape index (κ3) is 3.48. The molecule has 2 aliphatic carbocycles. The molecule has 15 heavy (non-hydrogen) atoms. The molecule has 2 aliphatic rings. The van der Waals surface area contributed by atoms with Crippen LogP contribution in [0.3, 0.4) is 0 Å². The first-order valence-electron chi connectivity index (χ1n) is 6.94. The molecule has 87 valence electrons. The van der Waals surface area contributed by atoms with Gasteiger partial charge in [0, 0.05) is 12.1 Å². The van der Waals surface area contributed by atoms with Crippen LogP contribution < -0.4 is 5.32 Å². The molecule has 0 aliphatic heterocycles. The standard InChI is InChI=1S/C14H26N/c1-11-3-7-13(8-4-11)15-14-9-5-12(2)6-10-14/h11-14H,3-10H2,1-2H3. The van der Waals surface area contributed by atoms with E-state index in [0.29, 0.717) is 0 Å². The smallest absolute Gasteiger partial charge is 0.0249 e. The van der Waals surface area contributed by atoms with Crippen LogP contribution in [0.1, 0.15) is 65.2 Å². The largest absolute Gasteiger partial charge is 0.235 e. The van der Waals surface area contributed by atoms with Crippen LogP contribution in [0.25, 0.3) is 0 Å². The van der Waals surface area contributed by atoms with Gasteiger partial charge in [0.2, 0.25) is 0 Å². The molecule has 0 aromatic rings. The van der Waals surface area contributed by atoms with E-state index < -0.39 is 0 Å². The first kappa shape index (κ1) is 11.4. The van der Waals surface area contributed by atoms with E-state index >= 15 is 0 Å². The van der Waals surface area contributed by atoms with E-state index in [9.17, 15) is 0 Å².